The van der Waals surface area contributed by atoms with Crippen molar-refractivity contribution >= 4 is 5.97 Å². The zero-order valence-corrected chi connectivity index (χ0v) is 5.46. The van der Waals surface area contributed by atoms with Crippen molar-refractivity contribution in [1.29, 1.82) is 5.26 Å². The van der Waals surface area contributed by atoms with Gasteiger partial charge in [-0.2, -0.15) is 5.26 Å². The summed E-state index contributed by atoms with van der Waals surface area (Å²) < 4.78 is 0. The highest BCUT2D eigenvalue weighted by Gasteiger charge is 1.99. The fourth-order valence-electron chi connectivity index (χ4n) is 0. The highest BCUT2D eigenvalue weighted by atomic mass is 16.4. The van der Waals surface area contributed by atoms with Gasteiger partial charge in [0.05, 0.1) is 5.92 Å². The van der Waals surface area contributed by atoms with Crippen LogP contribution in [0.4, 0.5) is 0 Å². The quantitative estimate of drug-likeness (QED) is 0.390. The van der Waals surface area contributed by atoms with Gasteiger partial charge in [0.1, 0.15) is 0 Å². The molecule has 0 atom stereocenters. The van der Waals surface area contributed by atoms with Crippen LogP contribution in [0.25, 0.3) is 0 Å². The van der Waals surface area contributed by atoms with E-state index in [-0.39, 0.29) is 5.92 Å². The maximum Gasteiger partial charge on any atom is 0.305 e. The van der Waals surface area contributed by atoms with Crippen molar-refractivity contribution in [3.8, 4) is 6.19 Å². The SMILES string of the molecule is CC(C)C(=O)O.N#CN. The summed E-state index contributed by atoms with van der Waals surface area (Å²) >= 11 is 0. The average Bonchev–Trinajstić information content (AvgIpc) is 1.68. The summed E-state index contributed by atoms with van der Waals surface area (Å²) in [7, 11) is 0. The molecule has 0 saturated carbocycles. The molecular weight excluding hydrogens is 120 g/mol. The van der Waals surface area contributed by atoms with Crippen LogP contribution in [0.1, 0.15) is 13.8 Å². The minimum Gasteiger partial charge on any atom is -0.481 e. The van der Waals surface area contributed by atoms with Gasteiger partial charge in [-0.1, -0.05) is 13.8 Å². The van der Waals surface area contributed by atoms with Gasteiger partial charge in [-0.15, -0.1) is 0 Å². The summed E-state index contributed by atoms with van der Waals surface area (Å²) in [5, 5.41) is 15.1. The summed E-state index contributed by atoms with van der Waals surface area (Å²) in [6, 6.07) is 0. The Balaban J connectivity index is 0. The largest absolute Gasteiger partial charge is 0.481 e. The topological polar surface area (TPSA) is 87.1 Å². The Morgan fingerprint density at radius 1 is 1.78 bits per heavy atom. The number of nitriles is 1. The smallest absolute Gasteiger partial charge is 0.305 e. The van der Waals surface area contributed by atoms with Crippen molar-refractivity contribution < 1.29 is 9.90 Å². The van der Waals surface area contributed by atoms with Crippen LogP contribution in [0.5, 0.6) is 0 Å². The third-order valence-electron chi connectivity index (χ3n) is 0.494. The minimum atomic E-state index is -0.741. The highest BCUT2D eigenvalue weighted by Crippen LogP contribution is 1.87. The zero-order chi connectivity index (χ0) is 7.86. The average molecular weight is 130 g/mol. The van der Waals surface area contributed by atoms with E-state index in [2.05, 4.69) is 5.73 Å². The first-order chi connectivity index (χ1) is 4.06. The Bertz CT molecular complexity index is 115. The van der Waals surface area contributed by atoms with E-state index in [1.54, 1.807) is 13.8 Å². The Morgan fingerprint density at radius 3 is 1.89 bits per heavy atom. The first-order valence-corrected chi connectivity index (χ1v) is 2.38. The lowest BCUT2D eigenvalue weighted by Crippen LogP contribution is -2.03. The Kier molecular flexibility index (Phi) is 8.03. The predicted octanol–water partition coefficient (Wildman–Crippen LogP) is 0.153. The first kappa shape index (κ1) is 10.7. The summed E-state index contributed by atoms with van der Waals surface area (Å²) in [5.74, 6) is -0.972. The van der Waals surface area contributed by atoms with E-state index >= 15 is 0 Å². The second-order valence-electron chi connectivity index (χ2n) is 1.62. The van der Waals surface area contributed by atoms with Gasteiger partial charge in [0.25, 0.3) is 0 Å². The van der Waals surface area contributed by atoms with Gasteiger partial charge in [-0.05, 0) is 0 Å². The van der Waals surface area contributed by atoms with Gasteiger partial charge in [-0.25, -0.2) is 0 Å². The van der Waals surface area contributed by atoms with Crippen LogP contribution in [-0.4, -0.2) is 11.1 Å². The standard InChI is InChI=1S/C4H8O2.CH2N2/c1-3(2)4(5)6;2-1-3/h3H,1-2H3,(H,5,6);2H2. The van der Waals surface area contributed by atoms with Crippen molar-refractivity contribution in [2.75, 3.05) is 0 Å². The number of nitrogens with two attached hydrogens (primary N) is 1. The molecule has 0 aliphatic carbocycles. The molecule has 0 aromatic rings. The molecule has 9 heavy (non-hydrogen) atoms. The molecule has 0 bridgehead atoms. The lowest BCUT2D eigenvalue weighted by atomic mass is 10.2. The fraction of sp³-hybridized carbons (Fsp3) is 0.600. The number of carbonyl (C=O) groups is 1. The van der Waals surface area contributed by atoms with Crippen LogP contribution < -0.4 is 5.73 Å². The lowest BCUT2D eigenvalue weighted by Gasteiger charge is -1.89. The van der Waals surface area contributed by atoms with E-state index in [9.17, 15) is 4.79 Å². The van der Waals surface area contributed by atoms with E-state index < -0.39 is 5.97 Å². The van der Waals surface area contributed by atoms with Crippen LogP contribution in [0.2, 0.25) is 0 Å². The summed E-state index contributed by atoms with van der Waals surface area (Å²) in [4.78, 5) is 9.70. The molecule has 0 aromatic heterocycles. The van der Waals surface area contributed by atoms with Crippen LogP contribution in [0.15, 0.2) is 0 Å². The number of carboxylic acid groups (broad SMARTS) is 1. The predicted molar refractivity (Wildman–Crippen MR) is 32.3 cm³/mol. The molecule has 0 aliphatic heterocycles. The van der Waals surface area contributed by atoms with Crippen LogP contribution in [-0.2, 0) is 4.79 Å². The fourth-order valence-corrected chi connectivity index (χ4v) is 0. The number of carboxylic acids is 1. The zero-order valence-electron chi connectivity index (χ0n) is 5.46. The molecule has 0 amide bonds. The Morgan fingerprint density at radius 2 is 1.89 bits per heavy atom. The minimum absolute atomic E-state index is 0.231. The number of nitrogens with zero attached hydrogens (tertiary/aromatic N) is 1. The molecule has 0 radical (unpaired) electrons. The van der Waals surface area contributed by atoms with Crippen LogP contribution >= 0.6 is 0 Å². The van der Waals surface area contributed by atoms with E-state index in [0.717, 1.165) is 0 Å². The van der Waals surface area contributed by atoms with Crippen molar-refractivity contribution in [2.45, 2.75) is 13.8 Å². The molecule has 0 unspecified atom stereocenters. The second-order valence-corrected chi connectivity index (χ2v) is 1.62. The number of aliphatic carboxylic acids is 1. The van der Waals surface area contributed by atoms with Gasteiger partial charge < -0.3 is 10.8 Å². The van der Waals surface area contributed by atoms with Crippen LogP contribution in [0, 0.1) is 17.4 Å². The molecule has 3 N–H and O–H groups in total. The summed E-state index contributed by atoms with van der Waals surface area (Å²) in [6.45, 7) is 3.28. The Hall–Kier alpha value is -1.24. The molecule has 0 saturated heterocycles. The molecule has 0 heterocycles. The molecular formula is C5H10N2O2. The summed E-state index contributed by atoms with van der Waals surface area (Å²) in [5.41, 5.74) is 4.15. The van der Waals surface area contributed by atoms with Crippen molar-refractivity contribution in [2.24, 2.45) is 11.7 Å². The third kappa shape index (κ3) is 20.1. The van der Waals surface area contributed by atoms with Gasteiger partial charge in [-0.3, -0.25) is 4.79 Å². The van der Waals surface area contributed by atoms with Crippen molar-refractivity contribution in [3.05, 3.63) is 0 Å². The Labute approximate surface area is 53.9 Å². The molecule has 4 heteroatoms. The van der Waals surface area contributed by atoms with Gasteiger partial charge >= 0.3 is 5.97 Å². The first-order valence-electron chi connectivity index (χ1n) is 2.38. The number of hydrogen-bond donors (Lipinski definition) is 2. The van der Waals surface area contributed by atoms with Crippen LogP contribution in [0.3, 0.4) is 0 Å². The molecule has 0 aromatic carbocycles. The molecule has 0 aliphatic rings. The monoisotopic (exact) mass is 130 g/mol. The van der Waals surface area contributed by atoms with Crippen molar-refractivity contribution in [1.82, 2.24) is 0 Å². The normalized spacial score (nSPS) is 6.89. The summed E-state index contributed by atoms with van der Waals surface area (Å²) in [6.07, 6.45) is 1.25. The molecule has 4 nitrogen and oxygen atoms in total. The second kappa shape index (κ2) is 6.76. The molecule has 0 fully saturated rings. The molecule has 0 rings (SSSR count). The van der Waals surface area contributed by atoms with E-state index in [1.165, 1.54) is 6.19 Å². The van der Waals surface area contributed by atoms with Gasteiger partial charge in [0.15, 0.2) is 6.19 Å². The number of hydrogen-bond acceptors (Lipinski definition) is 3. The lowest BCUT2D eigenvalue weighted by molar-refractivity contribution is -0.140. The highest BCUT2D eigenvalue weighted by molar-refractivity contribution is 5.68. The van der Waals surface area contributed by atoms with Gasteiger partial charge in [0.2, 0.25) is 0 Å². The number of rotatable bonds is 1. The van der Waals surface area contributed by atoms with Gasteiger partial charge in [0, 0.05) is 0 Å². The van der Waals surface area contributed by atoms with E-state index in [1.807, 2.05) is 0 Å². The maximum absolute atomic E-state index is 9.70. The third-order valence-corrected chi connectivity index (χ3v) is 0.494. The maximum atomic E-state index is 9.70. The van der Waals surface area contributed by atoms with E-state index in [0.29, 0.717) is 0 Å². The van der Waals surface area contributed by atoms with Crippen molar-refractivity contribution in [3.63, 3.8) is 0 Å². The molecule has 0 spiro atoms. The van der Waals surface area contributed by atoms with E-state index in [4.69, 9.17) is 10.4 Å². The molecule has 52 valence electrons.